The number of hydrogen-bond acceptors (Lipinski definition) is 6. The number of rotatable bonds is 8. The summed E-state index contributed by atoms with van der Waals surface area (Å²) in [5.41, 5.74) is 6.33. The normalized spacial score (nSPS) is 13.7. The maximum atomic E-state index is 11.0. The number of carboxylic acid groups (broad SMARTS) is 2. The number of benzene rings is 1. The minimum atomic E-state index is -1.35. The van der Waals surface area contributed by atoms with Crippen molar-refractivity contribution < 1.29 is 19.8 Å². The van der Waals surface area contributed by atoms with Crippen molar-refractivity contribution in [2.24, 2.45) is 5.73 Å². The molecule has 5 N–H and O–H groups in total. The predicted octanol–water partition coefficient (Wildman–Crippen LogP) is 1.98. The van der Waals surface area contributed by atoms with Gasteiger partial charge in [-0.3, -0.25) is 14.7 Å². The maximum absolute atomic E-state index is 11.0. The van der Waals surface area contributed by atoms with Crippen molar-refractivity contribution in [1.29, 1.82) is 0 Å². The van der Waals surface area contributed by atoms with E-state index in [9.17, 15) is 9.59 Å². The van der Waals surface area contributed by atoms with Gasteiger partial charge >= 0.3 is 11.9 Å². The molecule has 2 atom stereocenters. The molecule has 2 rings (SSSR count). The van der Waals surface area contributed by atoms with Crippen LogP contribution in [0.1, 0.15) is 17.8 Å². The summed E-state index contributed by atoms with van der Waals surface area (Å²) in [4.78, 5) is 26.1. The summed E-state index contributed by atoms with van der Waals surface area (Å²) in [6.45, 7) is 0. The van der Waals surface area contributed by atoms with Gasteiger partial charge < -0.3 is 15.9 Å². The number of nitrogens with two attached hydrogens (primary N) is 1. The van der Waals surface area contributed by atoms with Gasteiger partial charge in [-0.2, -0.15) is 0 Å². The van der Waals surface area contributed by atoms with E-state index < -0.39 is 29.7 Å². The Balaban J connectivity index is 2.10. The fourth-order valence-electron chi connectivity index (χ4n) is 1.87. The van der Waals surface area contributed by atoms with Crippen molar-refractivity contribution in [3.8, 4) is 0 Å². The Morgan fingerprint density at radius 1 is 1.32 bits per heavy atom. The lowest BCUT2D eigenvalue weighted by atomic mass is 10.1. The third-order valence-corrected chi connectivity index (χ3v) is 4.63. The van der Waals surface area contributed by atoms with Crippen molar-refractivity contribution in [3.63, 3.8) is 0 Å². The number of hydrogen-bond donors (Lipinski definition) is 4. The zero-order valence-electron chi connectivity index (χ0n) is 12.8. The molecule has 0 bridgehead atoms. The average molecular weight is 383 g/mol. The minimum absolute atomic E-state index is 0.210. The molecule has 2 aromatic rings. The fraction of sp³-hybridized carbons (Fsp3) is 0.200. The van der Waals surface area contributed by atoms with Crippen LogP contribution in [0.4, 0.5) is 0 Å². The van der Waals surface area contributed by atoms with E-state index in [1.807, 2.05) is 18.2 Å². The van der Waals surface area contributed by atoms with Gasteiger partial charge in [0.15, 0.2) is 0 Å². The van der Waals surface area contributed by atoms with Crippen molar-refractivity contribution in [1.82, 2.24) is 15.2 Å². The molecule has 0 amide bonds. The van der Waals surface area contributed by atoms with Gasteiger partial charge in [0, 0.05) is 10.3 Å². The first kappa shape index (κ1) is 19.0. The van der Waals surface area contributed by atoms with Crippen molar-refractivity contribution in [2.75, 3.05) is 0 Å². The highest BCUT2D eigenvalue weighted by atomic mass is 35.5. The average Bonchev–Trinajstić information content (AvgIpc) is 2.99. The molecule has 1 aromatic carbocycles. The molecule has 0 saturated heterocycles. The molecule has 0 fully saturated rings. The van der Waals surface area contributed by atoms with Crippen LogP contribution < -0.4 is 5.73 Å². The van der Waals surface area contributed by atoms with Gasteiger partial charge in [-0.1, -0.05) is 41.6 Å². The molecule has 0 aliphatic carbocycles. The molecule has 8 nitrogen and oxygen atoms in total. The SMILES string of the molecule is N[C@H](C(=O)O)C(CC(=O)O)Sc1n[nH]c(C=Cc2ccccc2Cl)n1. The van der Waals surface area contributed by atoms with E-state index in [2.05, 4.69) is 15.2 Å². The van der Waals surface area contributed by atoms with E-state index in [1.165, 1.54) is 0 Å². The van der Waals surface area contributed by atoms with Crippen LogP contribution in [-0.2, 0) is 9.59 Å². The van der Waals surface area contributed by atoms with Crippen LogP contribution in [0.2, 0.25) is 5.02 Å². The highest BCUT2D eigenvalue weighted by Crippen LogP contribution is 2.25. The van der Waals surface area contributed by atoms with Gasteiger partial charge in [-0.15, -0.1) is 5.10 Å². The highest BCUT2D eigenvalue weighted by molar-refractivity contribution is 7.99. The second-order valence-corrected chi connectivity index (χ2v) is 6.59. The van der Waals surface area contributed by atoms with E-state index >= 15 is 0 Å². The van der Waals surface area contributed by atoms with Crippen LogP contribution in [0, 0.1) is 0 Å². The van der Waals surface area contributed by atoms with Crippen molar-refractivity contribution >= 4 is 47.5 Å². The first-order valence-electron chi connectivity index (χ1n) is 7.08. The first-order chi connectivity index (χ1) is 11.9. The molecule has 0 saturated carbocycles. The molecule has 25 heavy (non-hydrogen) atoms. The summed E-state index contributed by atoms with van der Waals surface area (Å²) in [6, 6.07) is 5.90. The number of carbonyl (C=O) groups is 2. The van der Waals surface area contributed by atoms with Gasteiger partial charge in [0.1, 0.15) is 11.9 Å². The second kappa shape index (κ2) is 8.65. The molecule has 1 unspecified atom stereocenters. The van der Waals surface area contributed by atoms with Crippen LogP contribution in [-0.4, -0.2) is 48.6 Å². The Labute approximate surface area is 152 Å². The number of nitrogens with one attached hydrogen (secondary N) is 1. The number of nitrogens with zero attached hydrogens (tertiary/aromatic N) is 2. The minimum Gasteiger partial charge on any atom is -0.481 e. The van der Waals surface area contributed by atoms with Crippen LogP contribution in [0.25, 0.3) is 12.2 Å². The Morgan fingerprint density at radius 3 is 2.68 bits per heavy atom. The number of H-pyrrole nitrogens is 1. The van der Waals surface area contributed by atoms with Gasteiger partial charge in [0.25, 0.3) is 0 Å². The number of aromatic amines is 1. The van der Waals surface area contributed by atoms with Crippen molar-refractivity contribution in [2.45, 2.75) is 22.9 Å². The van der Waals surface area contributed by atoms with Gasteiger partial charge in [0.05, 0.1) is 6.42 Å². The molecule has 1 heterocycles. The zero-order chi connectivity index (χ0) is 18.4. The lowest BCUT2D eigenvalue weighted by molar-refractivity contribution is -0.139. The summed E-state index contributed by atoms with van der Waals surface area (Å²) in [6.07, 6.45) is 2.98. The Hall–Kier alpha value is -2.36. The number of carboxylic acids is 2. The summed E-state index contributed by atoms with van der Waals surface area (Å²) in [7, 11) is 0. The van der Waals surface area contributed by atoms with Gasteiger partial charge in [0.2, 0.25) is 5.16 Å². The number of aliphatic carboxylic acids is 2. The summed E-state index contributed by atoms with van der Waals surface area (Å²) in [5, 5.41) is 24.4. The summed E-state index contributed by atoms with van der Waals surface area (Å²) < 4.78 is 0. The Bertz CT molecular complexity index is 795. The third kappa shape index (κ3) is 5.59. The lowest BCUT2D eigenvalue weighted by Gasteiger charge is -2.16. The summed E-state index contributed by atoms with van der Waals surface area (Å²) in [5.74, 6) is -2.02. The molecular weight excluding hydrogens is 368 g/mol. The van der Waals surface area contributed by atoms with Gasteiger partial charge in [-0.05, 0) is 23.8 Å². The molecular formula is C15H15ClN4O4S. The number of thioether (sulfide) groups is 1. The standard InChI is InChI=1S/C15H15ClN4O4S/c16-9-4-2-1-3-8(9)5-6-11-18-15(20-19-11)25-10(7-12(21)22)13(17)14(23)24/h1-6,10,13H,7,17H2,(H,21,22)(H,23,24)(H,18,19,20)/t10?,13-/m0/s1. The third-order valence-electron chi connectivity index (χ3n) is 3.13. The molecule has 0 spiro atoms. The quantitative estimate of drug-likeness (QED) is 0.507. The number of aromatic nitrogens is 3. The molecule has 0 aliphatic rings. The van der Waals surface area contributed by atoms with E-state index in [0.717, 1.165) is 17.3 Å². The largest absolute Gasteiger partial charge is 0.481 e. The molecule has 132 valence electrons. The van der Waals surface area contributed by atoms with Crippen molar-refractivity contribution in [3.05, 3.63) is 40.7 Å². The van der Waals surface area contributed by atoms with E-state index in [0.29, 0.717) is 10.8 Å². The van der Waals surface area contributed by atoms with E-state index in [4.69, 9.17) is 27.5 Å². The predicted molar refractivity (Wildman–Crippen MR) is 94.3 cm³/mol. The first-order valence-corrected chi connectivity index (χ1v) is 8.34. The Kier molecular flexibility index (Phi) is 6.57. The molecule has 10 heteroatoms. The second-order valence-electron chi connectivity index (χ2n) is 4.98. The topological polar surface area (TPSA) is 142 Å². The number of halogens is 1. The van der Waals surface area contributed by atoms with Crippen LogP contribution in [0.15, 0.2) is 29.4 Å². The van der Waals surface area contributed by atoms with E-state index in [-0.39, 0.29) is 5.16 Å². The molecule has 0 radical (unpaired) electrons. The van der Waals surface area contributed by atoms with Gasteiger partial charge in [-0.25, -0.2) is 4.98 Å². The van der Waals surface area contributed by atoms with Crippen LogP contribution >= 0.6 is 23.4 Å². The lowest BCUT2D eigenvalue weighted by Crippen LogP contribution is -2.41. The maximum Gasteiger partial charge on any atom is 0.321 e. The summed E-state index contributed by atoms with van der Waals surface area (Å²) >= 11 is 6.95. The Morgan fingerprint density at radius 2 is 2.04 bits per heavy atom. The monoisotopic (exact) mass is 382 g/mol. The van der Waals surface area contributed by atoms with Crippen LogP contribution in [0.5, 0.6) is 0 Å². The highest BCUT2D eigenvalue weighted by Gasteiger charge is 2.28. The molecule has 0 aliphatic heterocycles. The smallest absolute Gasteiger partial charge is 0.321 e. The molecule has 1 aromatic heterocycles. The van der Waals surface area contributed by atoms with E-state index in [1.54, 1.807) is 18.2 Å². The fourth-order valence-corrected chi connectivity index (χ4v) is 3.08. The van der Waals surface area contributed by atoms with Crippen LogP contribution in [0.3, 0.4) is 0 Å². The zero-order valence-corrected chi connectivity index (χ0v) is 14.4.